The molecule has 1 aromatic heterocycles. The molecular formula is C19H20BrN3O2. The fourth-order valence-electron chi connectivity index (χ4n) is 2.64. The van der Waals surface area contributed by atoms with E-state index in [1.807, 2.05) is 47.9 Å². The van der Waals surface area contributed by atoms with E-state index in [0.29, 0.717) is 24.7 Å². The van der Waals surface area contributed by atoms with Crippen LogP contribution in [-0.4, -0.2) is 28.7 Å². The highest BCUT2D eigenvalue weighted by Gasteiger charge is 2.14. The van der Waals surface area contributed by atoms with Crippen LogP contribution >= 0.6 is 15.9 Å². The molecule has 6 heteroatoms. The number of nitrogens with zero attached hydrogens (tertiary/aromatic N) is 2. The lowest BCUT2D eigenvalue weighted by atomic mass is 10.2. The molecule has 0 saturated carbocycles. The van der Waals surface area contributed by atoms with Gasteiger partial charge in [0, 0.05) is 29.8 Å². The van der Waals surface area contributed by atoms with Crippen molar-refractivity contribution in [2.75, 3.05) is 18.5 Å². The largest absolute Gasteiger partial charge is 0.382 e. The molecular weight excluding hydrogens is 382 g/mol. The normalized spacial score (nSPS) is 11.0. The van der Waals surface area contributed by atoms with Gasteiger partial charge in [-0.15, -0.1) is 0 Å². The molecule has 3 rings (SSSR count). The minimum Gasteiger partial charge on any atom is -0.382 e. The van der Waals surface area contributed by atoms with Gasteiger partial charge in [-0.1, -0.05) is 28.1 Å². The number of carbonyl (C=O) groups excluding carboxylic acids is 1. The Morgan fingerprint density at radius 3 is 2.72 bits per heavy atom. The number of amides is 1. The molecule has 0 spiro atoms. The molecule has 0 aliphatic heterocycles. The molecule has 0 fully saturated rings. The number of para-hydroxylation sites is 2. The zero-order valence-electron chi connectivity index (χ0n) is 14.0. The average molecular weight is 402 g/mol. The van der Waals surface area contributed by atoms with Gasteiger partial charge in [0.2, 0.25) is 5.95 Å². The monoisotopic (exact) mass is 401 g/mol. The highest BCUT2D eigenvalue weighted by molar-refractivity contribution is 9.10. The average Bonchev–Trinajstić information content (AvgIpc) is 2.96. The first-order valence-electron chi connectivity index (χ1n) is 8.29. The van der Waals surface area contributed by atoms with Gasteiger partial charge >= 0.3 is 0 Å². The molecule has 1 N–H and O–H groups in total. The molecule has 25 heavy (non-hydrogen) atoms. The van der Waals surface area contributed by atoms with Crippen LogP contribution in [0.5, 0.6) is 0 Å². The summed E-state index contributed by atoms with van der Waals surface area (Å²) in [5.74, 6) is 0.388. The Kier molecular flexibility index (Phi) is 5.83. The molecule has 0 unspecified atom stereocenters. The quantitative estimate of drug-likeness (QED) is 0.593. The Labute approximate surface area is 155 Å². The van der Waals surface area contributed by atoms with E-state index in [1.54, 1.807) is 12.1 Å². The zero-order chi connectivity index (χ0) is 17.6. The van der Waals surface area contributed by atoms with E-state index >= 15 is 0 Å². The van der Waals surface area contributed by atoms with E-state index in [0.717, 1.165) is 28.5 Å². The third kappa shape index (κ3) is 4.27. The smallest absolute Gasteiger partial charge is 0.257 e. The number of carbonyl (C=O) groups is 1. The van der Waals surface area contributed by atoms with Crippen LogP contribution in [0.15, 0.2) is 53.0 Å². The summed E-state index contributed by atoms with van der Waals surface area (Å²) in [6, 6.07) is 15.1. The first-order chi connectivity index (χ1) is 12.2. The Morgan fingerprint density at radius 2 is 1.96 bits per heavy atom. The Balaban J connectivity index is 1.84. The Morgan fingerprint density at radius 1 is 1.20 bits per heavy atom. The van der Waals surface area contributed by atoms with E-state index in [9.17, 15) is 4.79 Å². The standard InChI is InChI=1S/C19H20BrN3O2/c1-2-25-13-5-12-23-17-7-4-3-6-16(17)21-19(23)22-18(24)14-8-10-15(20)11-9-14/h3-4,6-11H,2,5,12-13H2,1H3,(H,21,22,24). The van der Waals surface area contributed by atoms with E-state index in [-0.39, 0.29) is 5.91 Å². The van der Waals surface area contributed by atoms with Crippen molar-refractivity contribution in [3.05, 3.63) is 58.6 Å². The molecule has 0 bridgehead atoms. The van der Waals surface area contributed by atoms with Crippen molar-refractivity contribution in [2.24, 2.45) is 0 Å². The number of benzene rings is 2. The van der Waals surface area contributed by atoms with Crippen LogP contribution in [0.25, 0.3) is 11.0 Å². The molecule has 1 heterocycles. The van der Waals surface area contributed by atoms with Crippen molar-refractivity contribution in [3.63, 3.8) is 0 Å². The number of ether oxygens (including phenoxy) is 1. The van der Waals surface area contributed by atoms with E-state index in [4.69, 9.17) is 4.74 Å². The topological polar surface area (TPSA) is 56.1 Å². The highest BCUT2D eigenvalue weighted by atomic mass is 79.9. The maximum Gasteiger partial charge on any atom is 0.257 e. The summed E-state index contributed by atoms with van der Waals surface area (Å²) in [5.41, 5.74) is 2.46. The van der Waals surface area contributed by atoms with Gasteiger partial charge in [-0.05, 0) is 49.7 Å². The van der Waals surface area contributed by atoms with Gasteiger partial charge < -0.3 is 9.30 Å². The van der Waals surface area contributed by atoms with Crippen molar-refractivity contribution in [2.45, 2.75) is 19.9 Å². The molecule has 0 saturated heterocycles. The lowest BCUT2D eigenvalue weighted by Crippen LogP contribution is -2.16. The number of aryl methyl sites for hydroxylation is 1. The van der Waals surface area contributed by atoms with Crippen molar-refractivity contribution >= 4 is 38.8 Å². The molecule has 0 atom stereocenters. The molecule has 0 radical (unpaired) electrons. The van der Waals surface area contributed by atoms with Gasteiger partial charge in [0.15, 0.2) is 0 Å². The third-order valence-electron chi connectivity index (χ3n) is 3.86. The summed E-state index contributed by atoms with van der Waals surface area (Å²) >= 11 is 3.38. The van der Waals surface area contributed by atoms with Crippen LogP contribution in [0, 0.1) is 0 Å². The number of hydrogen-bond acceptors (Lipinski definition) is 3. The second-order valence-electron chi connectivity index (χ2n) is 5.59. The molecule has 0 aliphatic rings. The summed E-state index contributed by atoms with van der Waals surface area (Å²) in [6.45, 7) is 4.11. The number of hydrogen-bond donors (Lipinski definition) is 1. The zero-order valence-corrected chi connectivity index (χ0v) is 15.6. The van der Waals surface area contributed by atoms with Crippen molar-refractivity contribution in [1.29, 1.82) is 0 Å². The summed E-state index contributed by atoms with van der Waals surface area (Å²) in [7, 11) is 0. The number of rotatable bonds is 7. The van der Waals surface area contributed by atoms with Gasteiger partial charge in [-0.3, -0.25) is 10.1 Å². The molecule has 130 valence electrons. The number of nitrogens with one attached hydrogen (secondary N) is 1. The minimum absolute atomic E-state index is 0.172. The number of imidazole rings is 1. The second kappa shape index (κ2) is 8.27. The van der Waals surface area contributed by atoms with Crippen molar-refractivity contribution < 1.29 is 9.53 Å². The molecule has 1 amide bonds. The maximum atomic E-state index is 12.5. The van der Waals surface area contributed by atoms with Crippen LogP contribution in [0.1, 0.15) is 23.7 Å². The van der Waals surface area contributed by atoms with Crippen LogP contribution in [0.2, 0.25) is 0 Å². The van der Waals surface area contributed by atoms with Gasteiger partial charge in [-0.25, -0.2) is 4.98 Å². The van der Waals surface area contributed by atoms with Crippen LogP contribution in [0.3, 0.4) is 0 Å². The van der Waals surface area contributed by atoms with Gasteiger partial charge in [0.25, 0.3) is 5.91 Å². The minimum atomic E-state index is -0.172. The third-order valence-corrected chi connectivity index (χ3v) is 4.39. The fourth-order valence-corrected chi connectivity index (χ4v) is 2.91. The van der Waals surface area contributed by atoms with Crippen LogP contribution < -0.4 is 5.32 Å². The maximum absolute atomic E-state index is 12.5. The lowest BCUT2D eigenvalue weighted by molar-refractivity contribution is 0.102. The molecule has 0 aliphatic carbocycles. The fraction of sp³-hybridized carbons (Fsp3) is 0.263. The molecule has 5 nitrogen and oxygen atoms in total. The molecule has 2 aromatic carbocycles. The lowest BCUT2D eigenvalue weighted by Gasteiger charge is -2.10. The second-order valence-corrected chi connectivity index (χ2v) is 6.50. The van der Waals surface area contributed by atoms with Crippen molar-refractivity contribution in [3.8, 4) is 0 Å². The van der Waals surface area contributed by atoms with Gasteiger partial charge in [0.1, 0.15) is 0 Å². The van der Waals surface area contributed by atoms with Crippen LogP contribution in [-0.2, 0) is 11.3 Å². The summed E-state index contributed by atoms with van der Waals surface area (Å²) in [4.78, 5) is 17.1. The van der Waals surface area contributed by atoms with E-state index in [2.05, 4.69) is 26.2 Å². The Bertz CT molecular complexity index is 859. The first-order valence-corrected chi connectivity index (χ1v) is 9.08. The number of aromatic nitrogens is 2. The van der Waals surface area contributed by atoms with Gasteiger partial charge in [-0.2, -0.15) is 0 Å². The predicted molar refractivity (Wildman–Crippen MR) is 103 cm³/mol. The number of anilines is 1. The highest BCUT2D eigenvalue weighted by Crippen LogP contribution is 2.21. The number of fused-ring (bicyclic) bond motifs is 1. The van der Waals surface area contributed by atoms with Crippen molar-refractivity contribution in [1.82, 2.24) is 9.55 Å². The Hall–Kier alpha value is -2.18. The SMILES string of the molecule is CCOCCCn1c(NC(=O)c2ccc(Br)cc2)nc2ccccc21. The molecule has 3 aromatic rings. The predicted octanol–water partition coefficient (Wildman–Crippen LogP) is 4.48. The number of halogens is 1. The summed E-state index contributed by atoms with van der Waals surface area (Å²) in [6.07, 6.45) is 0.856. The van der Waals surface area contributed by atoms with E-state index in [1.165, 1.54) is 0 Å². The summed E-state index contributed by atoms with van der Waals surface area (Å²) in [5, 5.41) is 2.93. The van der Waals surface area contributed by atoms with Gasteiger partial charge in [0.05, 0.1) is 11.0 Å². The van der Waals surface area contributed by atoms with E-state index < -0.39 is 0 Å². The van der Waals surface area contributed by atoms with Crippen LogP contribution in [0.4, 0.5) is 5.95 Å². The summed E-state index contributed by atoms with van der Waals surface area (Å²) < 4.78 is 8.39. The first kappa shape index (κ1) is 17.6.